The second-order valence-electron chi connectivity index (χ2n) is 2.89. The van der Waals surface area contributed by atoms with Crippen LogP contribution >= 0.6 is 11.3 Å². The van der Waals surface area contributed by atoms with Gasteiger partial charge in [-0.3, -0.25) is 0 Å². The summed E-state index contributed by atoms with van der Waals surface area (Å²) in [4.78, 5) is 26.4. The molecule has 5 heteroatoms. The molecule has 3 rings (SSSR count). The summed E-state index contributed by atoms with van der Waals surface area (Å²) in [5.41, 5.74) is 3.05. The van der Waals surface area contributed by atoms with Gasteiger partial charge in [-0.2, -0.15) is 0 Å². The van der Waals surface area contributed by atoms with E-state index in [0.717, 1.165) is 10.2 Å². The Morgan fingerprint density at radius 1 is 1.14 bits per heavy atom. The van der Waals surface area contributed by atoms with Gasteiger partial charge in [-0.15, -0.1) is 11.3 Å². The highest BCUT2D eigenvalue weighted by Crippen LogP contribution is 2.27. The molecule has 68 valence electrons. The first-order chi connectivity index (χ1) is 6.75. The van der Waals surface area contributed by atoms with Crippen LogP contribution in [0.25, 0.3) is 10.2 Å². The Bertz CT molecular complexity index is 524. The van der Waals surface area contributed by atoms with Crippen molar-refractivity contribution in [1.29, 1.82) is 0 Å². The SMILES string of the molecule is O=C1OC(=O)c2cc3scnc3cc21. The van der Waals surface area contributed by atoms with Crippen molar-refractivity contribution in [3.05, 3.63) is 28.8 Å². The largest absolute Gasteiger partial charge is 0.386 e. The van der Waals surface area contributed by atoms with Crippen molar-refractivity contribution >= 4 is 33.5 Å². The number of hydrogen-bond acceptors (Lipinski definition) is 5. The maximum absolute atomic E-state index is 11.2. The van der Waals surface area contributed by atoms with Crippen LogP contribution in [0.1, 0.15) is 20.7 Å². The molecule has 0 bridgehead atoms. The first kappa shape index (κ1) is 7.64. The highest BCUT2D eigenvalue weighted by Gasteiger charge is 2.30. The van der Waals surface area contributed by atoms with Crippen molar-refractivity contribution < 1.29 is 14.3 Å². The van der Waals surface area contributed by atoms with Crippen LogP contribution in [0.5, 0.6) is 0 Å². The van der Waals surface area contributed by atoms with E-state index < -0.39 is 11.9 Å². The fourth-order valence-electron chi connectivity index (χ4n) is 1.44. The second kappa shape index (κ2) is 2.39. The fraction of sp³-hybridized carbons (Fsp3) is 0. The van der Waals surface area contributed by atoms with Crippen LogP contribution in [0.2, 0.25) is 0 Å². The van der Waals surface area contributed by atoms with Crippen LogP contribution in [-0.4, -0.2) is 16.9 Å². The number of benzene rings is 1. The summed E-state index contributed by atoms with van der Waals surface area (Å²) in [6, 6.07) is 3.24. The molecule has 0 radical (unpaired) electrons. The number of thiazole rings is 1. The van der Waals surface area contributed by atoms with Crippen LogP contribution in [-0.2, 0) is 4.74 Å². The van der Waals surface area contributed by atoms with Gasteiger partial charge < -0.3 is 4.74 Å². The van der Waals surface area contributed by atoms with Gasteiger partial charge in [0, 0.05) is 0 Å². The van der Waals surface area contributed by atoms with Crippen molar-refractivity contribution in [2.45, 2.75) is 0 Å². The van der Waals surface area contributed by atoms with Crippen LogP contribution in [0, 0.1) is 0 Å². The Morgan fingerprint density at radius 3 is 2.64 bits per heavy atom. The molecule has 2 heterocycles. The van der Waals surface area contributed by atoms with Crippen LogP contribution in [0.15, 0.2) is 17.6 Å². The van der Waals surface area contributed by atoms with Gasteiger partial charge in [-0.1, -0.05) is 0 Å². The average molecular weight is 205 g/mol. The van der Waals surface area contributed by atoms with Crippen LogP contribution in [0.3, 0.4) is 0 Å². The Balaban J connectivity index is 2.43. The molecule has 0 atom stereocenters. The fourth-order valence-corrected chi connectivity index (χ4v) is 2.13. The number of carbonyl (C=O) groups is 2. The lowest BCUT2D eigenvalue weighted by molar-refractivity contribution is 0.0444. The van der Waals surface area contributed by atoms with Gasteiger partial charge in [0.25, 0.3) is 0 Å². The van der Waals surface area contributed by atoms with Crippen molar-refractivity contribution in [2.24, 2.45) is 0 Å². The van der Waals surface area contributed by atoms with Gasteiger partial charge in [-0.25, -0.2) is 14.6 Å². The predicted octanol–water partition coefficient (Wildman–Crippen LogP) is 1.61. The van der Waals surface area contributed by atoms with Gasteiger partial charge in [0.1, 0.15) is 0 Å². The zero-order valence-electron chi connectivity index (χ0n) is 6.81. The summed E-state index contributed by atoms with van der Waals surface area (Å²) in [5, 5.41) is 0. The quantitative estimate of drug-likeness (QED) is 0.484. The maximum Gasteiger partial charge on any atom is 0.346 e. The molecule has 0 saturated carbocycles. The Morgan fingerprint density at radius 2 is 1.86 bits per heavy atom. The third-order valence-corrected chi connectivity index (χ3v) is 2.89. The van der Waals surface area contributed by atoms with Crippen molar-refractivity contribution in [1.82, 2.24) is 4.98 Å². The minimum absolute atomic E-state index is 0.313. The summed E-state index contributed by atoms with van der Waals surface area (Å²) in [5.74, 6) is -1.15. The third-order valence-electron chi connectivity index (χ3n) is 2.10. The molecule has 0 unspecified atom stereocenters. The second-order valence-corrected chi connectivity index (χ2v) is 3.78. The maximum atomic E-state index is 11.2. The minimum atomic E-state index is -0.583. The minimum Gasteiger partial charge on any atom is -0.386 e. The Labute approximate surface area is 82.1 Å². The van der Waals surface area contributed by atoms with E-state index in [1.807, 2.05) is 0 Å². The standard InChI is InChI=1S/C9H3NO3S/c11-8-4-1-6-7(14-3-10-6)2-5(4)9(12)13-8/h1-3H. The van der Waals surface area contributed by atoms with Gasteiger partial charge in [0.15, 0.2) is 0 Å². The molecule has 0 aliphatic carbocycles. The normalized spacial score (nSPS) is 14.6. The number of aromatic nitrogens is 1. The predicted molar refractivity (Wildman–Crippen MR) is 49.4 cm³/mol. The number of esters is 2. The first-order valence-corrected chi connectivity index (χ1v) is 4.77. The molecule has 2 aromatic rings. The number of hydrogen-bond donors (Lipinski definition) is 0. The molecule has 0 fully saturated rings. The van der Waals surface area contributed by atoms with E-state index in [1.165, 1.54) is 11.3 Å². The van der Waals surface area contributed by atoms with Crippen LogP contribution < -0.4 is 0 Å². The number of ether oxygens (including phenoxy) is 1. The lowest BCUT2D eigenvalue weighted by atomic mass is 10.1. The van der Waals surface area contributed by atoms with Crippen molar-refractivity contribution in [2.75, 3.05) is 0 Å². The summed E-state index contributed by atoms with van der Waals surface area (Å²) < 4.78 is 5.36. The van der Waals surface area contributed by atoms with Gasteiger partial charge >= 0.3 is 11.9 Å². The average Bonchev–Trinajstić information content (AvgIpc) is 2.70. The van der Waals surface area contributed by atoms with E-state index in [-0.39, 0.29) is 0 Å². The van der Waals surface area contributed by atoms with E-state index >= 15 is 0 Å². The molecule has 1 aliphatic rings. The topological polar surface area (TPSA) is 56.3 Å². The van der Waals surface area contributed by atoms with E-state index in [0.29, 0.717) is 11.1 Å². The zero-order chi connectivity index (χ0) is 9.71. The number of nitrogens with zero attached hydrogens (tertiary/aromatic N) is 1. The summed E-state index contributed by atoms with van der Waals surface area (Å²) in [7, 11) is 0. The van der Waals surface area contributed by atoms with Crippen molar-refractivity contribution in [3.63, 3.8) is 0 Å². The molecule has 0 N–H and O–H groups in total. The molecule has 0 saturated heterocycles. The molecule has 1 aromatic carbocycles. The molecule has 0 spiro atoms. The number of cyclic esters (lactones) is 2. The molecule has 1 aliphatic heterocycles. The zero-order valence-corrected chi connectivity index (χ0v) is 7.63. The molecule has 1 aromatic heterocycles. The van der Waals surface area contributed by atoms with Gasteiger partial charge in [-0.05, 0) is 12.1 Å². The highest BCUT2D eigenvalue weighted by atomic mass is 32.1. The van der Waals surface area contributed by atoms with Gasteiger partial charge in [0.05, 0.1) is 26.9 Å². The molecule has 4 nitrogen and oxygen atoms in total. The Kier molecular flexibility index (Phi) is 1.30. The number of carbonyl (C=O) groups excluding carboxylic acids is 2. The van der Waals surface area contributed by atoms with E-state index in [1.54, 1.807) is 17.6 Å². The van der Waals surface area contributed by atoms with Crippen LogP contribution in [0.4, 0.5) is 0 Å². The van der Waals surface area contributed by atoms with Crippen molar-refractivity contribution in [3.8, 4) is 0 Å². The summed E-state index contributed by atoms with van der Waals surface area (Å²) in [6.07, 6.45) is 0. The van der Waals surface area contributed by atoms with Gasteiger partial charge in [0.2, 0.25) is 0 Å². The summed E-state index contributed by atoms with van der Waals surface area (Å²) >= 11 is 1.43. The smallest absolute Gasteiger partial charge is 0.346 e. The monoisotopic (exact) mass is 205 g/mol. The third kappa shape index (κ3) is 0.843. The molecule has 14 heavy (non-hydrogen) atoms. The van der Waals surface area contributed by atoms with E-state index in [9.17, 15) is 9.59 Å². The number of fused-ring (bicyclic) bond motifs is 2. The first-order valence-electron chi connectivity index (χ1n) is 3.89. The molecular formula is C9H3NO3S. The lowest BCUT2D eigenvalue weighted by Crippen LogP contribution is -1.96. The van der Waals surface area contributed by atoms with E-state index in [2.05, 4.69) is 9.72 Å². The van der Waals surface area contributed by atoms with E-state index in [4.69, 9.17) is 0 Å². The Hall–Kier alpha value is -1.75. The molecule has 0 amide bonds. The molecular weight excluding hydrogens is 202 g/mol. The summed E-state index contributed by atoms with van der Waals surface area (Å²) in [6.45, 7) is 0. The lowest BCUT2D eigenvalue weighted by Gasteiger charge is -1.91. The highest BCUT2D eigenvalue weighted by molar-refractivity contribution is 7.16. The number of rotatable bonds is 0.